The topological polar surface area (TPSA) is 74.6 Å². The first kappa shape index (κ1) is 27.0. The van der Waals surface area contributed by atoms with E-state index in [9.17, 15) is 19.8 Å². The zero-order valence-electron chi connectivity index (χ0n) is 19.9. The van der Waals surface area contributed by atoms with E-state index in [0.717, 1.165) is 32.1 Å². The van der Waals surface area contributed by atoms with Crippen molar-refractivity contribution in [2.75, 3.05) is 0 Å². The van der Waals surface area contributed by atoms with Gasteiger partial charge in [-0.2, -0.15) is 0 Å². The fourth-order valence-electron chi connectivity index (χ4n) is 5.38. The largest absolute Gasteiger partial charge is 0.481 e. The van der Waals surface area contributed by atoms with Gasteiger partial charge in [-0.05, 0) is 26.2 Å². The quantitative estimate of drug-likeness (QED) is 0.219. The minimum Gasteiger partial charge on any atom is -0.481 e. The third-order valence-corrected chi connectivity index (χ3v) is 7.68. The van der Waals surface area contributed by atoms with Crippen LogP contribution in [-0.4, -0.2) is 22.2 Å². The fourth-order valence-corrected chi connectivity index (χ4v) is 5.38. The first-order valence-electron chi connectivity index (χ1n) is 12.9. The molecule has 2 unspecified atom stereocenters. The van der Waals surface area contributed by atoms with Gasteiger partial charge in [-0.25, -0.2) is 0 Å². The molecule has 1 rings (SSSR count). The maximum absolute atomic E-state index is 12.1. The SMILES string of the molecule is CCCCCCCCCCCCCCCCCC1(C(=O)O)CCCCC1(C)C(=O)O. The third kappa shape index (κ3) is 8.23. The molecule has 176 valence electrons. The molecule has 1 saturated carbocycles. The summed E-state index contributed by atoms with van der Waals surface area (Å²) in [7, 11) is 0. The Balaban J connectivity index is 2.12. The Morgan fingerprint density at radius 3 is 1.43 bits per heavy atom. The van der Waals surface area contributed by atoms with Gasteiger partial charge < -0.3 is 10.2 Å². The van der Waals surface area contributed by atoms with Crippen LogP contribution in [0.5, 0.6) is 0 Å². The highest BCUT2D eigenvalue weighted by atomic mass is 16.4. The van der Waals surface area contributed by atoms with Gasteiger partial charge in [0.1, 0.15) is 0 Å². The van der Waals surface area contributed by atoms with Gasteiger partial charge in [-0.15, -0.1) is 0 Å². The molecule has 4 nitrogen and oxygen atoms in total. The second kappa shape index (κ2) is 14.9. The van der Waals surface area contributed by atoms with Crippen molar-refractivity contribution < 1.29 is 19.8 Å². The fraction of sp³-hybridized carbons (Fsp3) is 0.923. The molecule has 0 aromatic carbocycles. The molecule has 1 aliphatic rings. The number of aliphatic carboxylic acids is 2. The highest BCUT2D eigenvalue weighted by Gasteiger charge is 2.58. The lowest BCUT2D eigenvalue weighted by Gasteiger charge is -2.46. The van der Waals surface area contributed by atoms with Crippen LogP contribution in [0.4, 0.5) is 0 Å². The molecule has 1 aliphatic carbocycles. The highest BCUT2D eigenvalue weighted by molar-refractivity contribution is 5.86. The van der Waals surface area contributed by atoms with E-state index in [1.807, 2.05) is 0 Å². The average molecular weight is 425 g/mol. The van der Waals surface area contributed by atoms with Crippen molar-refractivity contribution in [3.8, 4) is 0 Å². The Morgan fingerprint density at radius 1 is 0.633 bits per heavy atom. The summed E-state index contributed by atoms with van der Waals surface area (Å²) in [4.78, 5) is 24.0. The molecule has 30 heavy (non-hydrogen) atoms. The number of hydrogen-bond acceptors (Lipinski definition) is 2. The van der Waals surface area contributed by atoms with Gasteiger partial charge in [-0.3, -0.25) is 9.59 Å². The van der Waals surface area contributed by atoms with Gasteiger partial charge in [0.25, 0.3) is 0 Å². The summed E-state index contributed by atoms with van der Waals surface area (Å²) in [6.45, 7) is 3.92. The minimum atomic E-state index is -1.13. The third-order valence-electron chi connectivity index (χ3n) is 7.68. The number of carbonyl (C=O) groups is 2. The van der Waals surface area contributed by atoms with E-state index in [1.165, 1.54) is 77.0 Å². The Labute approximate surface area is 185 Å². The van der Waals surface area contributed by atoms with Crippen LogP contribution in [0.2, 0.25) is 0 Å². The molecule has 0 radical (unpaired) electrons. The molecular weight excluding hydrogens is 376 g/mol. The van der Waals surface area contributed by atoms with E-state index in [4.69, 9.17) is 0 Å². The summed E-state index contributed by atoms with van der Waals surface area (Å²) in [5.41, 5.74) is -2.22. The first-order chi connectivity index (χ1) is 14.4. The second-order valence-corrected chi connectivity index (χ2v) is 9.93. The summed E-state index contributed by atoms with van der Waals surface area (Å²) < 4.78 is 0. The molecule has 0 aliphatic heterocycles. The Morgan fingerprint density at radius 2 is 1.03 bits per heavy atom. The lowest BCUT2D eigenvalue weighted by Crippen LogP contribution is -2.52. The van der Waals surface area contributed by atoms with Crippen molar-refractivity contribution in [2.45, 2.75) is 142 Å². The summed E-state index contributed by atoms with van der Waals surface area (Å²) in [6.07, 6.45) is 22.3. The predicted octanol–water partition coefficient (Wildman–Crippen LogP) is 7.98. The zero-order valence-corrected chi connectivity index (χ0v) is 19.9. The molecule has 2 atom stereocenters. The molecule has 2 N–H and O–H groups in total. The first-order valence-corrected chi connectivity index (χ1v) is 12.9. The van der Waals surface area contributed by atoms with E-state index in [-0.39, 0.29) is 0 Å². The number of rotatable bonds is 18. The van der Waals surface area contributed by atoms with Crippen molar-refractivity contribution in [1.82, 2.24) is 0 Å². The Hall–Kier alpha value is -1.06. The van der Waals surface area contributed by atoms with Crippen LogP contribution in [0.1, 0.15) is 142 Å². The highest BCUT2D eigenvalue weighted by Crippen LogP contribution is 2.54. The van der Waals surface area contributed by atoms with E-state index in [1.54, 1.807) is 6.92 Å². The number of unbranched alkanes of at least 4 members (excludes halogenated alkanes) is 14. The molecule has 1 fully saturated rings. The van der Waals surface area contributed by atoms with Crippen LogP contribution < -0.4 is 0 Å². The standard InChI is InChI=1S/C26H48O4/c1-3-4-5-6-7-8-9-10-11-12-13-14-15-16-17-21-26(24(29)30)22-19-18-20-25(26,2)23(27)28/h3-22H2,1-2H3,(H,27,28)(H,29,30). The Bertz CT molecular complexity index is 489. The lowest BCUT2D eigenvalue weighted by molar-refractivity contribution is -0.179. The van der Waals surface area contributed by atoms with Gasteiger partial charge in [-0.1, -0.05) is 116 Å². The summed E-state index contributed by atoms with van der Waals surface area (Å²) in [5, 5.41) is 19.7. The van der Waals surface area contributed by atoms with Gasteiger partial charge in [0.2, 0.25) is 0 Å². The zero-order chi connectivity index (χ0) is 22.3. The van der Waals surface area contributed by atoms with Gasteiger partial charge in [0.05, 0.1) is 10.8 Å². The van der Waals surface area contributed by atoms with Crippen LogP contribution in [0.15, 0.2) is 0 Å². The minimum absolute atomic E-state index is 0.480. The number of hydrogen-bond donors (Lipinski definition) is 2. The van der Waals surface area contributed by atoms with Crippen LogP contribution in [-0.2, 0) is 9.59 Å². The number of carboxylic acid groups (broad SMARTS) is 2. The second-order valence-electron chi connectivity index (χ2n) is 9.93. The predicted molar refractivity (Wildman–Crippen MR) is 124 cm³/mol. The molecule has 0 aromatic heterocycles. The van der Waals surface area contributed by atoms with Crippen LogP contribution in [0.25, 0.3) is 0 Å². The average Bonchev–Trinajstić information content (AvgIpc) is 2.72. The van der Waals surface area contributed by atoms with Crippen molar-refractivity contribution >= 4 is 11.9 Å². The van der Waals surface area contributed by atoms with E-state index in [2.05, 4.69) is 6.92 Å². The van der Waals surface area contributed by atoms with Crippen molar-refractivity contribution in [3.05, 3.63) is 0 Å². The molecule has 0 spiro atoms. The number of carboxylic acids is 2. The normalized spacial score (nSPS) is 24.1. The van der Waals surface area contributed by atoms with Crippen molar-refractivity contribution in [2.24, 2.45) is 10.8 Å². The molecule has 0 bridgehead atoms. The Kier molecular flexibility index (Phi) is 13.4. The summed E-state index contributed by atoms with van der Waals surface area (Å²) in [5.74, 6) is -1.84. The van der Waals surface area contributed by atoms with Gasteiger partial charge >= 0.3 is 11.9 Å². The maximum atomic E-state index is 12.1. The monoisotopic (exact) mass is 424 g/mol. The van der Waals surface area contributed by atoms with Crippen LogP contribution in [0.3, 0.4) is 0 Å². The molecule has 0 aromatic rings. The van der Waals surface area contributed by atoms with Crippen molar-refractivity contribution in [3.63, 3.8) is 0 Å². The molecule has 0 heterocycles. The maximum Gasteiger partial charge on any atom is 0.310 e. The van der Waals surface area contributed by atoms with E-state index < -0.39 is 22.8 Å². The molecule has 0 amide bonds. The molecular formula is C26H48O4. The molecule has 4 heteroatoms. The van der Waals surface area contributed by atoms with Crippen LogP contribution in [0, 0.1) is 10.8 Å². The van der Waals surface area contributed by atoms with Crippen molar-refractivity contribution in [1.29, 1.82) is 0 Å². The van der Waals surface area contributed by atoms with Gasteiger partial charge in [0.15, 0.2) is 0 Å². The summed E-state index contributed by atoms with van der Waals surface area (Å²) >= 11 is 0. The summed E-state index contributed by atoms with van der Waals surface area (Å²) in [6, 6.07) is 0. The van der Waals surface area contributed by atoms with E-state index in [0.29, 0.717) is 19.3 Å². The van der Waals surface area contributed by atoms with E-state index >= 15 is 0 Å². The van der Waals surface area contributed by atoms with Crippen LogP contribution >= 0.6 is 0 Å². The van der Waals surface area contributed by atoms with Gasteiger partial charge in [0, 0.05) is 0 Å². The lowest BCUT2D eigenvalue weighted by atomic mass is 9.55. The molecule has 0 saturated heterocycles. The smallest absolute Gasteiger partial charge is 0.310 e.